The highest BCUT2D eigenvalue weighted by atomic mass is 16.5. The molecule has 0 spiro atoms. The number of ether oxygens (including phenoxy) is 1. The number of carbonyl (C=O) groups excluding carboxylic acids is 3. The first-order valence-corrected chi connectivity index (χ1v) is 11.3. The van der Waals surface area contributed by atoms with Crippen LogP contribution in [0.1, 0.15) is 11.1 Å². The molecule has 2 atom stereocenters. The maximum Gasteiger partial charge on any atom is 0.259 e. The topological polar surface area (TPSA) is 154 Å². The number of hydrogen-bond acceptors (Lipinski definition) is 7. The van der Waals surface area contributed by atoms with Gasteiger partial charge in [0.25, 0.3) is 17.4 Å². The van der Waals surface area contributed by atoms with E-state index in [1.54, 1.807) is 42.5 Å². The second-order valence-electron chi connectivity index (χ2n) is 8.51. The van der Waals surface area contributed by atoms with Crippen molar-refractivity contribution in [3.63, 3.8) is 0 Å². The van der Waals surface area contributed by atoms with Gasteiger partial charge in [-0.2, -0.15) is 0 Å². The molecule has 0 bridgehead atoms. The monoisotopic (exact) mass is 489 g/mol. The third kappa shape index (κ3) is 4.14. The fourth-order valence-corrected chi connectivity index (χ4v) is 4.49. The fraction of sp³-hybridized carbons (Fsp3) is 0.240. The largest absolute Gasteiger partial charge is 0.380 e. The molecule has 0 unspecified atom stereocenters. The number of aliphatic hydroxyl groups is 1. The Morgan fingerprint density at radius 1 is 1.22 bits per heavy atom. The van der Waals surface area contributed by atoms with Crippen molar-refractivity contribution in [2.45, 2.75) is 25.3 Å². The lowest BCUT2D eigenvalue weighted by atomic mass is 10.1. The number of carbonyl (C=O) groups is 3. The summed E-state index contributed by atoms with van der Waals surface area (Å²) in [6.45, 7) is 0.606. The van der Waals surface area contributed by atoms with Gasteiger partial charge < -0.3 is 34.7 Å². The van der Waals surface area contributed by atoms with E-state index in [0.29, 0.717) is 35.6 Å². The van der Waals surface area contributed by atoms with E-state index in [2.05, 4.69) is 10.6 Å². The summed E-state index contributed by atoms with van der Waals surface area (Å²) in [5, 5.41) is 24.7. The van der Waals surface area contributed by atoms with Crippen LogP contribution in [-0.4, -0.2) is 59.0 Å². The molecular formula is C25H23N5O6. The summed E-state index contributed by atoms with van der Waals surface area (Å²) in [6.07, 6.45) is -2.56. The molecule has 4 N–H and O–H groups in total. The van der Waals surface area contributed by atoms with Gasteiger partial charge in [0.15, 0.2) is 12.2 Å². The van der Waals surface area contributed by atoms with E-state index in [1.807, 2.05) is 0 Å². The number of nitrogens with zero attached hydrogens (tertiary/aromatic N) is 2. The standard InChI is InChI=1S/C25H23N5O6/c26-23-18-5-3-16(11-15(18)13-27-23)28-24(34)21(33)22-25(35)29(8-10-36-22)17-4-1-14-2-6-20(32)30(7-9-31)19(14)12-17/h1-6,9,11-12,21-22,33H,7-8,10,13H2,(H2,26,27)(H,28,34)/t21-,22-/m1/s1. The van der Waals surface area contributed by atoms with Crippen LogP contribution in [0.5, 0.6) is 0 Å². The van der Waals surface area contributed by atoms with Gasteiger partial charge >= 0.3 is 0 Å². The molecule has 0 aliphatic carbocycles. The molecular weight excluding hydrogens is 466 g/mol. The molecule has 1 saturated heterocycles. The minimum atomic E-state index is -1.77. The molecule has 36 heavy (non-hydrogen) atoms. The van der Waals surface area contributed by atoms with Gasteiger partial charge in [0.05, 0.1) is 18.7 Å². The Morgan fingerprint density at radius 3 is 2.83 bits per heavy atom. The molecule has 2 aromatic carbocycles. The third-order valence-electron chi connectivity index (χ3n) is 6.32. The minimum Gasteiger partial charge on any atom is -0.380 e. The summed E-state index contributed by atoms with van der Waals surface area (Å²) in [5.41, 5.74) is 2.60. The lowest BCUT2D eigenvalue weighted by Crippen LogP contribution is -2.55. The average molecular weight is 489 g/mol. The van der Waals surface area contributed by atoms with Crippen LogP contribution in [0, 0.1) is 5.41 Å². The van der Waals surface area contributed by atoms with Crippen molar-refractivity contribution in [2.24, 2.45) is 0 Å². The Morgan fingerprint density at radius 2 is 2.03 bits per heavy atom. The van der Waals surface area contributed by atoms with Gasteiger partial charge in [-0.3, -0.25) is 19.8 Å². The molecule has 0 radical (unpaired) electrons. The van der Waals surface area contributed by atoms with Crippen LogP contribution in [0.15, 0.2) is 53.3 Å². The van der Waals surface area contributed by atoms with Crippen LogP contribution >= 0.6 is 0 Å². The number of aromatic nitrogens is 1. The maximum atomic E-state index is 13.2. The average Bonchev–Trinajstić information content (AvgIpc) is 3.25. The SMILES string of the molecule is N=C1NCc2cc(NC(=O)[C@H](O)[C@H]3OCCN(c4ccc5ccc(=O)n(CC=O)c5c4)C3=O)ccc21. The normalized spacial score (nSPS) is 18.0. The summed E-state index contributed by atoms with van der Waals surface area (Å²) < 4.78 is 6.79. The molecule has 2 amide bonds. The summed E-state index contributed by atoms with van der Waals surface area (Å²) in [7, 11) is 0. The van der Waals surface area contributed by atoms with Crippen LogP contribution in [0.2, 0.25) is 0 Å². The molecule has 184 valence electrons. The first-order chi connectivity index (χ1) is 17.4. The first kappa shape index (κ1) is 23.4. The van der Waals surface area contributed by atoms with E-state index in [1.165, 1.54) is 15.5 Å². The van der Waals surface area contributed by atoms with Crippen molar-refractivity contribution in [3.05, 3.63) is 70.0 Å². The van der Waals surface area contributed by atoms with E-state index >= 15 is 0 Å². The van der Waals surface area contributed by atoms with Crippen molar-refractivity contribution in [3.8, 4) is 0 Å². The highest BCUT2D eigenvalue weighted by Gasteiger charge is 2.39. The number of amides is 2. The zero-order chi connectivity index (χ0) is 25.4. The Kier molecular flexibility index (Phi) is 6.08. The Hall–Kier alpha value is -4.35. The number of hydrogen-bond donors (Lipinski definition) is 4. The Labute approximate surface area is 204 Å². The van der Waals surface area contributed by atoms with Crippen LogP contribution in [-0.2, 0) is 32.2 Å². The number of benzene rings is 2. The van der Waals surface area contributed by atoms with E-state index in [4.69, 9.17) is 10.1 Å². The lowest BCUT2D eigenvalue weighted by Gasteiger charge is -2.34. The van der Waals surface area contributed by atoms with E-state index in [-0.39, 0.29) is 25.3 Å². The molecule has 5 rings (SSSR count). The number of nitrogens with one attached hydrogen (secondary N) is 3. The zero-order valence-electron chi connectivity index (χ0n) is 19.1. The number of pyridine rings is 1. The lowest BCUT2D eigenvalue weighted by molar-refractivity contribution is -0.150. The summed E-state index contributed by atoms with van der Waals surface area (Å²) in [6, 6.07) is 13.1. The maximum absolute atomic E-state index is 13.2. The first-order valence-electron chi connectivity index (χ1n) is 11.3. The Bertz CT molecular complexity index is 1470. The number of aliphatic hydroxyl groups excluding tert-OH is 1. The van der Waals surface area contributed by atoms with Crippen LogP contribution in [0.4, 0.5) is 11.4 Å². The molecule has 3 heterocycles. The number of aldehydes is 1. The fourth-order valence-electron chi connectivity index (χ4n) is 4.49. The van der Waals surface area contributed by atoms with Crippen molar-refractivity contribution >= 4 is 46.2 Å². The van der Waals surface area contributed by atoms with Gasteiger partial charge in [-0.05, 0) is 47.3 Å². The van der Waals surface area contributed by atoms with Gasteiger partial charge in [-0.15, -0.1) is 0 Å². The van der Waals surface area contributed by atoms with Crippen LogP contribution < -0.4 is 21.1 Å². The number of rotatable bonds is 6. The molecule has 0 saturated carbocycles. The molecule has 2 aliphatic heterocycles. The smallest absolute Gasteiger partial charge is 0.259 e. The van der Waals surface area contributed by atoms with Crippen molar-refractivity contribution in [1.29, 1.82) is 5.41 Å². The quantitative estimate of drug-likeness (QED) is 0.365. The third-order valence-corrected chi connectivity index (χ3v) is 6.32. The van der Waals surface area contributed by atoms with Crippen molar-refractivity contribution in [1.82, 2.24) is 9.88 Å². The highest BCUT2D eigenvalue weighted by Crippen LogP contribution is 2.25. The summed E-state index contributed by atoms with van der Waals surface area (Å²) >= 11 is 0. The second kappa shape index (κ2) is 9.36. The number of amidine groups is 1. The van der Waals surface area contributed by atoms with Crippen molar-refractivity contribution in [2.75, 3.05) is 23.4 Å². The molecule has 11 heteroatoms. The van der Waals surface area contributed by atoms with E-state index in [9.17, 15) is 24.3 Å². The van der Waals surface area contributed by atoms with Crippen LogP contribution in [0.25, 0.3) is 10.9 Å². The van der Waals surface area contributed by atoms with Gasteiger partial charge in [0.2, 0.25) is 0 Å². The minimum absolute atomic E-state index is 0.0847. The number of morpholine rings is 1. The predicted molar refractivity (Wildman–Crippen MR) is 131 cm³/mol. The van der Waals surface area contributed by atoms with E-state index < -0.39 is 24.0 Å². The number of fused-ring (bicyclic) bond motifs is 2. The highest BCUT2D eigenvalue weighted by molar-refractivity contribution is 6.05. The van der Waals surface area contributed by atoms with Crippen LogP contribution in [0.3, 0.4) is 0 Å². The molecule has 11 nitrogen and oxygen atoms in total. The molecule has 3 aromatic rings. The van der Waals surface area contributed by atoms with Gasteiger partial charge in [0, 0.05) is 36.1 Å². The second-order valence-corrected chi connectivity index (χ2v) is 8.51. The van der Waals surface area contributed by atoms with Gasteiger partial charge in [-0.25, -0.2) is 0 Å². The van der Waals surface area contributed by atoms with Crippen molar-refractivity contribution < 1.29 is 24.2 Å². The Balaban J connectivity index is 1.36. The molecule has 2 aliphatic rings. The zero-order valence-corrected chi connectivity index (χ0v) is 19.1. The number of anilines is 2. The van der Waals surface area contributed by atoms with E-state index in [0.717, 1.165) is 16.5 Å². The molecule has 1 aromatic heterocycles. The van der Waals surface area contributed by atoms with Gasteiger partial charge in [0.1, 0.15) is 12.1 Å². The summed E-state index contributed by atoms with van der Waals surface area (Å²) in [5.74, 6) is -1.09. The molecule has 1 fully saturated rings. The van der Waals surface area contributed by atoms with Gasteiger partial charge in [-0.1, -0.05) is 6.07 Å². The predicted octanol–water partition coefficient (Wildman–Crippen LogP) is 0.360. The summed E-state index contributed by atoms with van der Waals surface area (Å²) in [4.78, 5) is 50.7.